The highest BCUT2D eigenvalue weighted by atomic mass is 127. The van der Waals surface area contributed by atoms with Crippen LogP contribution in [0.3, 0.4) is 0 Å². The highest BCUT2D eigenvalue weighted by Crippen LogP contribution is 2.20. The van der Waals surface area contributed by atoms with Gasteiger partial charge in [-0.2, -0.15) is 0 Å². The second kappa shape index (κ2) is 5.42. The fraction of sp³-hybridized carbons (Fsp3) is 0. The number of pyridine rings is 1. The van der Waals surface area contributed by atoms with Crippen molar-refractivity contribution in [3.63, 3.8) is 0 Å². The molecule has 3 N–H and O–H groups in total. The molecule has 0 bridgehead atoms. The molecule has 0 aliphatic carbocycles. The van der Waals surface area contributed by atoms with Crippen molar-refractivity contribution >= 4 is 51.3 Å². The van der Waals surface area contributed by atoms with Gasteiger partial charge in [0.05, 0.1) is 5.69 Å². The van der Waals surface area contributed by atoms with Gasteiger partial charge in [0.25, 0.3) is 0 Å². The Bertz CT molecular complexity index is 540. The minimum atomic E-state index is 0.360. The molecular weight excluding hydrogens is 345 g/mol. The van der Waals surface area contributed by atoms with Crippen molar-refractivity contribution < 1.29 is 0 Å². The number of nitrogens with one attached hydrogen (secondary N) is 1. The summed E-state index contributed by atoms with van der Waals surface area (Å²) in [6.07, 6.45) is 1.67. The predicted octanol–water partition coefficient (Wildman–Crippen LogP) is 3.06. The maximum absolute atomic E-state index is 5.51. The van der Waals surface area contributed by atoms with Crippen LogP contribution in [0.4, 0.5) is 11.5 Å². The molecule has 5 heteroatoms. The molecule has 0 amide bonds. The summed E-state index contributed by atoms with van der Waals surface area (Å²) in [6.45, 7) is 0. The van der Waals surface area contributed by atoms with Gasteiger partial charge in [0.1, 0.15) is 10.8 Å². The van der Waals surface area contributed by atoms with Gasteiger partial charge in [0, 0.05) is 15.3 Å². The van der Waals surface area contributed by atoms with Crippen LogP contribution in [-0.4, -0.2) is 9.97 Å². The molecule has 0 radical (unpaired) electrons. The Hall–Kier alpha value is -1.21. The maximum Gasteiger partial charge on any atom is 0.130 e. The Labute approximate surface area is 119 Å². The summed E-state index contributed by atoms with van der Waals surface area (Å²) < 4.78 is 1.14. The summed E-state index contributed by atoms with van der Waals surface area (Å²) in [5.41, 5.74) is 7.31. The number of hydrogen-bond donors (Lipinski definition) is 2. The number of hydrogen-bond acceptors (Lipinski definition) is 3. The van der Waals surface area contributed by atoms with E-state index in [2.05, 4.69) is 32.9 Å². The minimum Gasteiger partial charge on any atom is -0.389 e. The van der Waals surface area contributed by atoms with Crippen molar-refractivity contribution in [1.29, 1.82) is 0 Å². The molecule has 1 heterocycles. The zero-order chi connectivity index (χ0) is 12.3. The van der Waals surface area contributed by atoms with Crippen LogP contribution in [0.2, 0.25) is 0 Å². The Kier molecular flexibility index (Phi) is 3.90. The third-order valence-electron chi connectivity index (χ3n) is 2.18. The smallest absolute Gasteiger partial charge is 0.130 e. The number of nitrogens with zero attached hydrogens (tertiary/aromatic N) is 1. The van der Waals surface area contributed by atoms with Crippen LogP contribution >= 0.6 is 34.8 Å². The molecule has 1 aromatic heterocycles. The predicted molar refractivity (Wildman–Crippen MR) is 82.6 cm³/mol. The van der Waals surface area contributed by atoms with Gasteiger partial charge in [-0.05, 0) is 46.9 Å². The fourth-order valence-electron chi connectivity index (χ4n) is 1.31. The average molecular weight is 355 g/mol. The van der Waals surface area contributed by atoms with Crippen LogP contribution in [0.25, 0.3) is 0 Å². The topological polar surface area (TPSA) is 50.9 Å². The zero-order valence-electron chi connectivity index (χ0n) is 8.85. The van der Waals surface area contributed by atoms with E-state index >= 15 is 0 Å². The van der Waals surface area contributed by atoms with Gasteiger partial charge in [0.2, 0.25) is 0 Å². The van der Waals surface area contributed by atoms with Crippen molar-refractivity contribution in [3.05, 3.63) is 51.7 Å². The number of nitrogens with two attached hydrogens (primary N) is 1. The number of anilines is 2. The van der Waals surface area contributed by atoms with E-state index in [-0.39, 0.29) is 0 Å². The molecule has 2 aromatic rings. The molecule has 0 saturated heterocycles. The van der Waals surface area contributed by atoms with E-state index in [1.807, 2.05) is 36.4 Å². The molecule has 0 unspecified atom stereocenters. The van der Waals surface area contributed by atoms with Gasteiger partial charge in [-0.3, -0.25) is 0 Å². The minimum absolute atomic E-state index is 0.360. The van der Waals surface area contributed by atoms with Crippen LogP contribution in [-0.2, 0) is 0 Å². The van der Waals surface area contributed by atoms with Gasteiger partial charge in [-0.15, -0.1) is 0 Å². The van der Waals surface area contributed by atoms with Gasteiger partial charge in [-0.1, -0.05) is 24.4 Å². The standard InChI is InChI=1S/C12H10IN3S/c13-9-3-1-2-4-10(9)16-11-6-5-8(7-15-11)12(14)17/h1-7H,(H2,14,17)(H,15,16). The fourth-order valence-corrected chi connectivity index (χ4v) is 1.96. The summed E-state index contributed by atoms with van der Waals surface area (Å²) in [4.78, 5) is 4.61. The van der Waals surface area contributed by atoms with Crippen molar-refractivity contribution in [2.45, 2.75) is 0 Å². The summed E-state index contributed by atoms with van der Waals surface area (Å²) in [5, 5.41) is 3.24. The van der Waals surface area contributed by atoms with E-state index in [1.54, 1.807) is 6.20 Å². The quantitative estimate of drug-likeness (QED) is 0.656. The van der Waals surface area contributed by atoms with Crippen molar-refractivity contribution in [1.82, 2.24) is 4.98 Å². The highest BCUT2D eigenvalue weighted by molar-refractivity contribution is 14.1. The summed E-state index contributed by atoms with van der Waals surface area (Å²) in [7, 11) is 0. The van der Waals surface area contributed by atoms with Gasteiger partial charge < -0.3 is 11.1 Å². The second-order valence-corrected chi connectivity index (χ2v) is 5.00. The highest BCUT2D eigenvalue weighted by Gasteiger charge is 2.01. The molecule has 86 valence electrons. The molecule has 0 aliphatic heterocycles. The van der Waals surface area contributed by atoms with Crippen molar-refractivity contribution in [2.75, 3.05) is 5.32 Å². The number of halogens is 1. The first-order valence-electron chi connectivity index (χ1n) is 4.94. The molecule has 0 fully saturated rings. The molecule has 2 rings (SSSR count). The molecule has 0 atom stereocenters. The molecule has 0 saturated carbocycles. The second-order valence-electron chi connectivity index (χ2n) is 3.40. The van der Waals surface area contributed by atoms with Crippen LogP contribution in [0, 0.1) is 3.57 Å². The number of benzene rings is 1. The summed E-state index contributed by atoms with van der Waals surface area (Å²) in [5.74, 6) is 0.772. The summed E-state index contributed by atoms with van der Waals surface area (Å²) in [6, 6.07) is 11.7. The maximum atomic E-state index is 5.51. The zero-order valence-corrected chi connectivity index (χ0v) is 11.8. The van der Waals surface area contributed by atoms with Crippen LogP contribution in [0.15, 0.2) is 42.6 Å². The molecule has 3 nitrogen and oxygen atoms in total. The van der Waals surface area contributed by atoms with Crippen LogP contribution in [0.1, 0.15) is 5.56 Å². The number of rotatable bonds is 3. The number of aromatic nitrogens is 1. The van der Waals surface area contributed by atoms with E-state index < -0.39 is 0 Å². The van der Waals surface area contributed by atoms with Gasteiger partial charge >= 0.3 is 0 Å². The van der Waals surface area contributed by atoms with E-state index in [0.29, 0.717) is 4.99 Å². The van der Waals surface area contributed by atoms with E-state index in [4.69, 9.17) is 18.0 Å². The van der Waals surface area contributed by atoms with Crippen molar-refractivity contribution in [2.24, 2.45) is 5.73 Å². The first kappa shape index (κ1) is 12.3. The van der Waals surface area contributed by atoms with E-state index in [0.717, 1.165) is 20.6 Å². The molecule has 0 aliphatic rings. The number of para-hydroxylation sites is 1. The first-order valence-corrected chi connectivity index (χ1v) is 6.43. The van der Waals surface area contributed by atoms with Gasteiger partial charge in [-0.25, -0.2) is 4.98 Å². The molecule has 0 spiro atoms. The molecule has 1 aromatic carbocycles. The lowest BCUT2D eigenvalue weighted by molar-refractivity contribution is 1.29. The Morgan fingerprint density at radius 3 is 2.59 bits per heavy atom. The molecular formula is C12H10IN3S. The molecule has 17 heavy (non-hydrogen) atoms. The lowest BCUT2D eigenvalue weighted by atomic mass is 10.3. The lowest BCUT2D eigenvalue weighted by Crippen LogP contribution is -2.09. The SMILES string of the molecule is NC(=S)c1ccc(Nc2ccccc2I)nc1. The first-order chi connectivity index (χ1) is 8.16. The van der Waals surface area contributed by atoms with E-state index in [9.17, 15) is 0 Å². The monoisotopic (exact) mass is 355 g/mol. The Morgan fingerprint density at radius 2 is 2.00 bits per heavy atom. The normalized spacial score (nSPS) is 9.94. The third kappa shape index (κ3) is 3.13. The van der Waals surface area contributed by atoms with E-state index in [1.165, 1.54) is 0 Å². The third-order valence-corrected chi connectivity index (χ3v) is 3.36. The lowest BCUT2D eigenvalue weighted by Gasteiger charge is -2.07. The average Bonchev–Trinajstić information content (AvgIpc) is 2.33. The Morgan fingerprint density at radius 1 is 1.24 bits per heavy atom. The summed E-state index contributed by atoms with van der Waals surface area (Å²) >= 11 is 7.15. The Balaban J connectivity index is 2.20. The van der Waals surface area contributed by atoms with Crippen LogP contribution < -0.4 is 11.1 Å². The number of thiocarbonyl (C=S) groups is 1. The van der Waals surface area contributed by atoms with Crippen LogP contribution in [0.5, 0.6) is 0 Å². The van der Waals surface area contributed by atoms with Crippen molar-refractivity contribution in [3.8, 4) is 0 Å². The largest absolute Gasteiger partial charge is 0.389 e. The van der Waals surface area contributed by atoms with Gasteiger partial charge in [0.15, 0.2) is 0 Å².